The molecule has 12 heteroatoms. The molecule has 7 rings (SSSR count). The zero-order chi connectivity index (χ0) is 37.1. The second-order valence-electron chi connectivity index (χ2n) is 13.8. The van der Waals surface area contributed by atoms with Crippen LogP contribution < -0.4 is 14.9 Å². The van der Waals surface area contributed by atoms with E-state index in [2.05, 4.69) is 5.43 Å². The summed E-state index contributed by atoms with van der Waals surface area (Å²) in [5.41, 5.74) is 4.99. The topological polar surface area (TPSA) is 118 Å². The van der Waals surface area contributed by atoms with E-state index < -0.39 is 23.9 Å². The van der Waals surface area contributed by atoms with Gasteiger partial charge in [-0.3, -0.25) is 10.4 Å². The first-order valence-corrected chi connectivity index (χ1v) is 17.4. The van der Waals surface area contributed by atoms with Crippen LogP contribution in [0.5, 0.6) is 17.4 Å². The number of carbonyl (C=O) groups is 2. The molecule has 11 nitrogen and oxygen atoms in total. The molecule has 3 heterocycles. The van der Waals surface area contributed by atoms with Gasteiger partial charge in [0, 0.05) is 44.0 Å². The fraction of sp³-hybridized carbons (Fsp3) is 0.244. The van der Waals surface area contributed by atoms with E-state index in [1.807, 2.05) is 60.7 Å². The molecule has 0 atom stereocenters. The van der Waals surface area contributed by atoms with Crippen LogP contribution in [0.25, 0.3) is 21.7 Å². The van der Waals surface area contributed by atoms with E-state index in [1.54, 1.807) is 71.9 Å². The summed E-state index contributed by atoms with van der Waals surface area (Å²) in [6, 6.07) is 29.1. The lowest BCUT2D eigenvalue weighted by molar-refractivity contribution is 0.0237. The van der Waals surface area contributed by atoms with Crippen molar-refractivity contribution in [2.45, 2.75) is 39.0 Å². The molecule has 1 saturated heterocycles. The number of ether oxygens (including phenoxy) is 3. The van der Waals surface area contributed by atoms with E-state index in [9.17, 15) is 19.1 Å². The van der Waals surface area contributed by atoms with E-state index in [-0.39, 0.29) is 37.1 Å². The molecule has 2 aromatic heterocycles. The van der Waals surface area contributed by atoms with Crippen LogP contribution in [0.2, 0.25) is 0 Å². The van der Waals surface area contributed by atoms with E-state index in [0.717, 1.165) is 16.7 Å². The van der Waals surface area contributed by atoms with Crippen LogP contribution >= 0.6 is 0 Å². The lowest BCUT2D eigenvalue weighted by Crippen LogP contribution is -2.55. The fourth-order valence-corrected chi connectivity index (χ4v) is 6.39. The Hall–Kier alpha value is -6.14. The first kappa shape index (κ1) is 35.3. The Balaban J connectivity index is 1.28. The van der Waals surface area contributed by atoms with Crippen molar-refractivity contribution in [1.29, 1.82) is 0 Å². The minimum atomic E-state index is -0.643. The number of rotatable bonds is 8. The molecule has 0 saturated carbocycles. The van der Waals surface area contributed by atoms with Gasteiger partial charge >= 0.3 is 12.2 Å². The molecule has 0 radical (unpaired) electrons. The molecule has 6 aromatic rings. The maximum absolute atomic E-state index is 13.8. The summed E-state index contributed by atoms with van der Waals surface area (Å²) in [5.74, 6) is 0.0160. The molecule has 0 aliphatic carbocycles. The highest BCUT2D eigenvalue weighted by Crippen LogP contribution is 2.48. The Bertz CT molecular complexity index is 2190. The van der Waals surface area contributed by atoms with Gasteiger partial charge in [0.1, 0.15) is 23.0 Å². The summed E-state index contributed by atoms with van der Waals surface area (Å²) in [7, 11) is 0. The molecular weight excluding hydrogens is 677 g/mol. The molecule has 0 spiro atoms. The van der Waals surface area contributed by atoms with Crippen LogP contribution in [0.1, 0.15) is 43.6 Å². The van der Waals surface area contributed by atoms with Gasteiger partial charge < -0.3 is 28.8 Å². The van der Waals surface area contributed by atoms with Gasteiger partial charge in [0.25, 0.3) is 0 Å². The number of benzene rings is 4. The minimum absolute atomic E-state index is 0.133. The molecular formula is C41H40FN5O6. The highest BCUT2D eigenvalue weighted by atomic mass is 19.1. The number of halogens is 1. The van der Waals surface area contributed by atoms with E-state index in [1.165, 1.54) is 12.1 Å². The van der Waals surface area contributed by atoms with Crippen molar-refractivity contribution in [2.24, 2.45) is 0 Å². The van der Waals surface area contributed by atoms with Crippen LogP contribution in [-0.4, -0.2) is 68.5 Å². The fourth-order valence-electron chi connectivity index (χ4n) is 6.39. The zero-order valence-electron chi connectivity index (χ0n) is 29.7. The van der Waals surface area contributed by atoms with E-state index >= 15 is 0 Å². The lowest BCUT2D eigenvalue weighted by atomic mass is 10.0. The smallest absolute Gasteiger partial charge is 0.422 e. The van der Waals surface area contributed by atoms with Crippen LogP contribution in [0.3, 0.4) is 0 Å². The first-order valence-electron chi connectivity index (χ1n) is 17.4. The third kappa shape index (κ3) is 7.87. The minimum Gasteiger partial charge on any atom is -0.494 e. The summed E-state index contributed by atoms with van der Waals surface area (Å²) in [4.78, 5) is 32.4. The average Bonchev–Trinajstić information content (AvgIpc) is 3.47. The van der Waals surface area contributed by atoms with E-state index in [4.69, 9.17) is 19.2 Å². The number of aromatic hydroxyl groups is 1. The number of pyridine rings is 1. The highest BCUT2D eigenvalue weighted by molar-refractivity contribution is 6.12. The standard InChI is InChI=1S/C41H40FN5O6/c1-41(2,3)53-39(49)44-47-23-21-45(22-24-47)40(50)52-36-31-15-10-20-43-34(31)37(51-35(28-11-6-4-7-12-28)29-13-8-5-9-14-29)33-32(36)26-46(38(33)48)25-27-16-18-30(42)19-17-27/h4-20,26,35,48H,21-25H2,1-3H3,(H,44,49). The Kier molecular flexibility index (Phi) is 9.88. The second kappa shape index (κ2) is 14.8. The van der Waals surface area contributed by atoms with Gasteiger partial charge in [0.15, 0.2) is 11.5 Å². The molecule has 0 bridgehead atoms. The van der Waals surface area contributed by atoms with Crippen LogP contribution in [0, 0.1) is 5.82 Å². The number of hydrogen-bond donors (Lipinski definition) is 2. The van der Waals surface area contributed by atoms with Crippen molar-refractivity contribution in [3.63, 3.8) is 0 Å². The maximum atomic E-state index is 13.8. The zero-order valence-corrected chi connectivity index (χ0v) is 29.7. The lowest BCUT2D eigenvalue weighted by Gasteiger charge is -2.34. The second-order valence-corrected chi connectivity index (χ2v) is 13.8. The molecule has 1 aliphatic rings. The number of fused-ring (bicyclic) bond motifs is 2. The number of nitrogens with one attached hydrogen (secondary N) is 1. The molecule has 1 fully saturated rings. The molecule has 1 aliphatic heterocycles. The monoisotopic (exact) mass is 717 g/mol. The first-order chi connectivity index (χ1) is 25.5. The number of aromatic nitrogens is 2. The van der Waals surface area contributed by atoms with Crippen molar-refractivity contribution in [3.05, 3.63) is 132 Å². The molecule has 53 heavy (non-hydrogen) atoms. The predicted molar refractivity (Wildman–Crippen MR) is 198 cm³/mol. The Morgan fingerprint density at radius 2 is 1.49 bits per heavy atom. The van der Waals surface area contributed by atoms with Gasteiger partial charge in [0.2, 0.25) is 5.88 Å². The van der Waals surface area contributed by atoms with Gasteiger partial charge in [-0.15, -0.1) is 0 Å². The summed E-state index contributed by atoms with van der Waals surface area (Å²) in [6.45, 7) is 6.83. The largest absolute Gasteiger partial charge is 0.494 e. The normalized spacial score (nSPS) is 13.7. The number of piperazine rings is 1. The molecule has 2 amide bonds. The predicted octanol–water partition coefficient (Wildman–Crippen LogP) is 7.81. The molecule has 0 unspecified atom stereocenters. The third-order valence-electron chi connectivity index (χ3n) is 8.87. The number of hydrogen-bond acceptors (Lipinski definition) is 8. The number of nitrogens with zero attached hydrogens (tertiary/aromatic N) is 4. The van der Waals surface area contributed by atoms with Crippen molar-refractivity contribution < 1.29 is 33.3 Å². The van der Waals surface area contributed by atoms with Crippen molar-refractivity contribution in [2.75, 3.05) is 26.2 Å². The summed E-state index contributed by atoms with van der Waals surface area (Å²) < 4.78 is 33.9. The van der Waals surface area contributed by atoms with E-state index in [0.29, 0.717) is 40.5 Å². The Morgan fingerprint density at radius 1 is 0.849 bits per heavy atom. The van der Waals surface area contributed by atoms with Crippen LogP contribution in [-0.2, 0) is 11.3 Å². The van der Waals surface area contributed by atoms with Gasteiger partial charge in [0.05, 0.1) is 17.3 Å². The quantitative estimate of drug-likeness (QED) is 0.164. The van der Waals surface area contributed by atoms with Gasteiger partial charge in [-0.05, 0) is 61.7 Å². The highest BCUT2D eigenvalue weighted by Gasteiger charge is 2.30. The van der Waals surface area contributed by atoms with Gasteiger partial charge in [-0.25, -0.2) is 19.0 Å². The van der Waals surface area contributed by atoms with Crippen molar-refractivity contribution in [3.8, 4) is 17.4 Å². The Labute approximate surface area is 306 Å². The third-order valence-corrected chi connectivity index (χ3v) is 8.87. The average molecular weight is 718 g/mol. The van der Waals surface area contributed by atoms with Crippen molar-refractivity contribution in [1.82, 2.24) is 24.9 Å². The summed E-state index contributed by atoms with van der Waals surface area (Å²) >= 11 is 0. The molecule has 272 valence electrons. The van der Waals surface area contributed by atoms with Crippen LogP contribution in [0.4, 0.5) is 14.0 Å². The van der Waals surface area contributed by atoms with Crippen LogP contribution in [0.15, 0.2) is 109 Å². The van der Waals surface area contributed by atoms with Gasteiger partial charge in [-0.1, -0.05) is 72.8 Å². The number of hydrazine groups is 1. The summed E-state index contributed by atoms with van der Waals surface area (Å²) in [5, 5.41) is 14.9. The maximum Gasteiger partial charge on any atom is 0.422 e. The molecule has 4 aromatic carbocycles. The number of carbonyl (C=O) groups excluding carboxylic acids is 2. The number of amides is 2. The summed E-state index contributed by atoms with van der Waals surface area (Å²) in [6.07, 6.45) is 1.59. The van der Waals surface area contributed by atoms with Crippen molar-refractivity contribution >= 4 is 33.9 Å². The van der Waals surface area contributed by atoms with Gasteiger partial charge in [-0.2, -0.15) is 0 Å². The molecule has 2 N–H and O–H groups in total. The Morgan fingerprint density at radius 3 is 2.11 bits per heavy atom. The SMILES string of the molecule is CC(C)(C)OC(=O)NN1CCN(C(=O)Oc2c3cccnc3c(OC(c3ccccc3)c3ccccc3)c3c(O)n(Cc4ccc(F)cc4)cc23)CC1.